The molecular weight excluding hydrogens is 383 g/mol. The molecule has 0 spiro atoms. The van der Waals surface area contributed by atoms with E-state index in [2.05, 4.69) is 15.5 Å². The lowest BCUT2D eigenvalue weighted by Crippen LogP contribution is -2.17. The van der Waals surface area contributed by atoms with Crippen LogP contribution in [-0.2, 0) is 6.18 Å². The van der Waals surface area contributed by atoms with E-state index >= 15 is 0 Å². The van der Waals surface area contributed by atoms with E-state index in [9.17, 15) is 18.0 Å². The number of nitrogens with one attached hydrogen (secondary N) is 1. The van der Waals surface area contributed by atoms with Crippen LogP contribution >= 0.6 is 11.6 Å². The summed E-state index contributed by atoms with van der Waals surface area (Å²) in [6.07, 6.45) is -0.329. The summed E-state index contributed by atoms with van der Waals surface area (Å²) in [5.74, 6) is -0.0668. The van der Waals surface area contributed by atoms with Crippen molar-refractivity contribution in [3.05, 3.63) is 76.8 Å². The highest BCUT2D eigenvalue weighted by Crippen LogP contribution is 2.36. The second-order valence-corrected chi connectivity index (χ2v) is 5.74. The molecule has 0 atom stereocenters. The van der Waals surface area contributed by atoms with Crippen LogP contribution in [0, 0.1) is 0 Å². The molecular formula is C18H11ClF3N3O2. The van der Waals surface area contributed by atoms with Crippen LogP contribution in [0.25, 0.3) is 11.3 Å². The Morgan fingerprint density at radius 3 is 2.59 bits per heavy atom. The zero-order chi connectivity index (χ0) is 19.4. The zero-order valence-electron chi connectivity index (χ0n) is 13.5. The van der Waals surface area contributed by atoms with E-state index in [1.165, 1.54) is 42.9 Å². The fourth-order valence-corrected chi connectivity index (χ4v) is 2.39. The highest BCUT2D eigenvalue weighted by Gasteiger charge is 2.31. The molecule has 1 amide bonds. The van der Waals surface area contributed by atoms with Gasteiger partial charge in [-0.1, -0.05) is 11.6 Å². The SMILES string of the molecule is O=C(N/N=C\c1ccc(-c2cc(C(F)(F)F)ccc2Cl)o1)c1ccncc1. The third-order valence-corrected chi connectivity index (χ3v) is 3.82. The minimum absolute atomic E-state index is 0.104. The molecule has 0 fully saturated rings. The lowest BCUT2D eigenvalue weighted by atomic mass is 10.1. The smallest absolute Gasteiger partial charge is 0.416 e. The third kappa shape index (κ3) is 4.53. The molecule has 0 saturated heterocycles. The summed E-state index contributed by atoms with van der Waals surface area (Å²) in [7, 11) is 0. The van der Waals surface area contributed by atoms with E-state index in [0.717, 1.165) is 18.2 Å². The highest BCUT2D eigenvalue weighted by molar-refractivity contribution is 6.33. The number of nitrogens with zero attached hydrogens (tertiary/aromatic N) is 2. The third-order valence-electron chi connectivity index (χ3n) is 3.49. The number of hydrazone groups is 1. The maximum absolute atomic E-state index is 12.9. The van der Waals surface area contributed by atoms with E-state index < -0.39 is 17.6 Å². The van der Waals surface area contributed by atoms with Gasteiger partial charge < -0.3 is 4.42 Å². The Balaban J connectivity index is 1.75. The Morgan fingerprint density at radius 1 is 1.15 bits per heavy atom. The topological polar surface area (TPSA) is 67.5 Å². The molecule has 3 aromatic rings. The minimum atomic E-state index is -4.49. The van der Waals surface area contributed by atoms with Crippen molar-refractivity contribution in [1.29, 1.82) is 0 Å². The molecule has 2 aromatic heterocycles. The van der Waals surface area contributed by atoms with Gasteiger partial charge in [-0.3, -0.25) is 9.78 Å². The van der Waals surface area contributed by atoms with Gasteiger partial charge in [0.05, 0.1) is 16.8 Å². The van der Waals surface area contributed by atoms with Crippen LogP contribution in [0.4, 0.5) is 13.2 Å². The van der Waals surface area contributed by atoms with Crippen LogP contribution in [0.2, 0.25) is 5.02 Å². The first-order valence-electron chi connectivity index (χ1n) is 7.55. The lowest BCUT2D eigenvalue weighted by Gasteiger charge is -2.09. The normalized spacial score (nSPS) is 11.7. The average Bonchev–Trinajstić information content (AvgIpc) is 3.10. The average molecular weight is 394 g/mol. The minimum Gasteiger partial charge on any atom is -0.455 e. The van der Waals surface area contributed by atoms with Crippen molar-refractivity contribution in [3.8, 4) is 11.3 Å². The quantitative estimate of drug-likeness (QED) is 0.512. The van der Waals surface area contributed by atoms with Crippen LogP contribution in [0.3, 0.4) is 0 Å². The summed E-state index contributed by atoms with van der Waals surface area (Å²) in [5, 5.41) is 3.87. The molecule has 0 bridgehead atoms. The van der Waals surface area contributed by atoms with Crippen molar-refractivity contribution in [2.45, 2.75) is 6.18 Å². The Hall–Kier alpha value is -3.13. The number of carbonyl (C=O) groups is 1. The number of furan rings is 1. The monoisotopic (exact) mass is 393 g/mol. The number of amides is 1. The van der Waals surface area contributed by atoms with Crippen LogP contribution < -0.4 is 5.43 Å². The maximum atomic E-state index is 12.9. The van der Waals surface area contributed by atoms with Gasteiger partial charge in [0.1, 0.15) is 11.5 Å². The van der Waals surface area contributed by atoms with Crippen LogP contribution in [0.1, 0.15) is 21.7 Å². The number of alkyl halides is 3. The number of aromatic nitrogens is 1. The van der Waals surface area contributed by atoms with Gasteiger partial charge >= 0.3 is 6.18 Å². The van der Waals surface area contributed by atoms with Crippen molar-refractivity contribution in [2.24, 2.45) is 5.10 Å². The molecule has 0 aliphatic carbocycles. The van der Waals surface area contributed by atoms with E-state index in [-0.39, 0.29) is 22.1 Å². The fourth-order valence-electron chi connectivity index (χ4n) is 2.18. The highest BCUT2D eigenvalue weighted by atomic mass is 35.5. The van der Waals surface area contributed by atoms with Crippen molar-refractivity contribution in [1.82, 2.24) is 10.4 Å². The fraction of sp³-hybridized carbons (Fsp3) is 0.0556. The second kappa shape index (κ2) is 7.63. The molecule has 0 saturated carbocycles. The summed E-state index contributed by atoms with van der Waals surface area (Å²) in [6, 6.07) is 8.96. The first-order valence-corrected chi connectivity index (χ1v) is 7.93. The van der Waals surface area contributed by atoms with Crippen LogP contribution in [0.5, 0.6) is 0 Å². The number of pyridine rings is 1. The summed E-state index contributed by atoms with van der Waals surface area (Å²) in [6.45, 7) is 0. The molecule has 5 nitrogen and oxygen atoms in total. The molecule has 3 rings (SSSR count). The number of rotatable bonds is 4. The van der Waals surface area contributed by atoms with E-state index in [1.807, 2.05) is 0 Å². The lowest BCUT2D eigenvalue weighted by molar-refractivity contribution is -0.137. The van der Waals surface area contributed by atoms with Crippen molar-refractivity contribution in [3.63, 3.8) is 0 Å². The van der Waals surface area contributed by atoms with Crippen LogP contribution in [0.15, 0.2) is 64.4 Å². The van der Waals surface area contributed by atoms with Gasteiger partial charge in [-0.15, -0.1) is 0 Å². The largest absolute Gasteiger partial charge is 0.455 e. The molecule has 9 heteroatoms. The van der Waals surface area contributed by atoms with Gasteiger partial charge in [0, 0.05) is 23.5 Å². The molecule has 0 aliphatic heterocycles. The molecule has 0 aliphatic rings. The molecule has 0 unspecified atom stereocenters. The molecule has 1 N–H and O–H groups in total. The zero-order valence-corrected chi connectivity index (χ0v) is 14.3. The summed E-state index contributed by atoms with van der Waals surface area (Å²) in [5.41, 5.74) is 1.95. The Kier molecular flexibility index (Phi) is 5.27. The van der Waals surface area contributed by atoms with Gasteiger partial charge in [0.2, 0.25) is 0 Å². The van der Waals surface area contributed by atoms with Crippen molar-refractivity contribution >= 4 is 23.7 Å². The molecule has 27 heavy (non-hydrogen) atoms. The summed E-state index contributed by atoms with van der Waals surface area (Å²) >= 11 is 5.98. The predicted octanol–water partition coefficient (Wildman–Crippen LogP) is 4.78. The first-order chi connectivity index (χ1) is 12.8. The van der Waals surface area contributed by atoms with Crippen molar-refractivity contribution in [2.75, 3.05) is 0 Å². The number of hydrogen-bond donors (Lipinski definition) is 1. The van der Waals surface area contributed by atoms with Gasteiger partial charge in [-0.05, 0) is 42.5 Å². The molecule has 2 heterocycles. The second-order valence-electron chi connectivity index (χ2n) is 5.33. The van der Waals surface area contributed by atoms with Gasteiger partial charge in [0.15, 0.2) is 0 Å². The molecule has 0 radical (unpaired) electrons. The number of benzene rings is 1. The van der Waals surface area contributed by atoms with Gasteiger partial charge in [-0.25, -0.2) is 5.43 Å². The summed E-state index contributed by atoms with van der Waals surface area (Å²) < 4.78 is 44.0. The van der Waals surface area contributed by atoms with E-state index in [0.29, 0.717) is 5.56 Å². The van der Waals surface area contributed by atoms with Crippen molar-refractivity contribution < 1.29 is 22.4 Å². The van der Waals surface area contributed by atoms with Crippen LogP contribution in [-0.4, -0.2) is 17.1 Å². The van der Waals surface area contributed by atoms with E-state index in [1.54, 1.807) is 0 Å². The van der Waals surface area contributed by atoms with E-state index in [4.69, 9.17) is 16.0 Å². The predicted molar refractivity (Wildman–Crippen MR) is 93.5 cm³/mol. The molecule has 138 valence electrons. The Bertz CT molecular complexity index is 985. The molecule has 1 aromatic carbocycles. The standard InChI is InChI=1S/C18H11ClF3N3O2/c19-15-3-1-12(18(20,21)22)9-14(15)16-4-2-13(27-16)10-24-25-17(26)11-5-7-23-8-6-11/h1-10H,(H,25,26)/b24-10-. The number of hydrogen-bond acceptors (Lipinski definition) is 4. The maximum Gasteiger partial charge on any atom is 0.416 e. The Labute approximate surface area is 156 Å². The number of halogens is 4. The number of carbonyl (C=O) groups excluding carboxylic acids is 1. The Morgan fingerprint density at radius 2 is 1.89 bits per heavy atom. The first kappa shape index (κ1) is 18.7. The van der Waals surface area contributed by atoms with Gasteiger partial charge in [0.25, 0.3) is 5.91 Å². The van der Waals surface area contributed by atoms with Gasteiger partial charge in [-0.2, -0.15) is 18.3 Å². The summed E-state index contributed by atoms with van der Waals surface area (Å²) in [4.78, 5) is 15.6.